The summed E-state index contributed by atoms with van der Waals surface area (Å²) < 4.78 is 104. The van der Waals surface area contributed by atoms with Crippen LogP contribution in [0.4, 0.5) is 32.0 Å². The number of alkyl halides is 6. The molecule has 14 heteroatoms. The average Bonchev–Trinajstić information content (AvgIpc) is 2.78. The summed E-state index contributed by atoms with van der Waals surface area (Å²) in [5.74, 6) is -2.11. The maximum atomic E-state index is 14.4. The minimum absolute atomic E-state index is 0.110. The lowest BCUT2D eigenvalue weighted by Crippen LogP contribution is -2.44. The normalized spacial score (nSPS) is 14.7. The number of aryl methyl sites for hydroxylation is 1. The maximum Gasteiger partial charge on any atom is 0.432 e. The lowest BCUT2D eigenvalue weighted by molar-refractivity contribution is -0.274. The first-order chi connectivity index (χ1) is 16.9. The molecule has 0 saturated heterocycles. The fraction of sp³-hybridized carbons (Fsp3) is 0.391. The number of nitrogens with one attached hydrogen (secondary N) is 2. The average molecular weight is 617 g/mol. The third-order valence-corrected chi connectivity index (χ3v) is 7.96. The third kappa shape index (κ3) is 6.83. The van der Waals surface area contributed by atoms with Gasteiger partial charge in [-0.05, 0) is 53.5 Å². The van der Waals surface area contributed by atoms with Crippen LogP contribution in [0.5, 0.6) is 0 Å². The Morgan fingerprint density at radius 3 is 2.19 bits per heavy atom. The first-order valence-corrected chi connectivity index (χ1v) is 13.3. The Kier molecular flexibility index (Phi) is 9.45. The van der Waals surface area contributed by atoms with Gasteiger partial charge in [-0.2, -0.15) is 13.2 Å². The second-order valence-electron chi connectivity index (χ2n) is 8.23. The summed E-state index contributed by atoms with van der Waals surface area (Å²) in [4.78, 5) is 25.8. The predicted octanol–water partition coefficient (Wildman–Crippen LogP) is 5.56. The molecular formula is C23H23BrF6N2O4S. The third-order valence-electron chi connectivity index (χ3n) is 5.41. The monoisotopic (exact) mass is 616 g/mol. The van der Waals surface area contributed by atoms with Crippen LogP contribution in [0.2, 0.25) is 0 Å². The number of carbonyl (C=O) groups is 2. The van der Waals surface area contributed by atoms with Gasteiger partial charge in [0, 0.05) is 27.5 Å². The van der Waals surface area contributed by atoms with Gasteiger partial charge in [-0.25, -0.2) is 21.6 Å². The molecule has 0 fully saturated rings. The molecule has 2 aromatic rings. The molecule has 1 unspecified atom stereocenters. The number of rotatable bonds is 9. The zero-order valence-electron chi connectivity index (χ0n) is 19.7. The molecule has 0 spiro atoms. The van der Waals surface area contributed by atoms with Crippen LogP contribution in [-0.2, 0) is 15.5 Å². The highest BCUT2D eigenvalue weighted by Gasteiger charge is 2.64. The molecule has 204 valence electrons. The lowest BCUT2D eigenvalue weighted by Gasteiger charge is -2.28. The number of halogens is 7. The van der Waals surface area contributed by atoms with E-state index < -0.39 is 51.5 Å². The van der Waals surface area contributed by atoms with Crippen molar-refractivity contribution in [2.75, 3.05) is 16.8 Å². The van der Waals surface area contributed by atoms with Gasteiger partial charge in [-0.3, -0.25) is 9.59 Å². The van der Waals surface area contributed by atoms with Crippen molar-refractivity contribution in [3.8, 4) is 0 Å². The number of carbonyl (C=O) groups excluding carboxylic acids is 2. The summed E-state index contributed by atoms with van der Waals surface area (Å²) >= 11 is 3.17. The van der Waals surface area contributed by atoms with Crippen LogP contribution in [0.1, 0.15) is 45.7 Å². The van der Waals surface area contributed by atoms with Crippen molar-refractivity contribution < 1.29 is 44.3 Å². The highest BCUT2D eigenvalue weighted by atomic mass is 79.9. The molecular weight excluding hydrogens is 594 g/mol. The molecule has 0 radical (unpaired) electrons. The van der Waals surface area contributed by atoms with Gasteiger partial charge >= 0.3 is 6.18 Å². The van der Waals surface area contributed by atoms with Gasteiger partial charge in [-0.1, -0.05) is 25.1 Å². The van der Waals surface area contributed by atoms with Crippen molar-refractivity contribution in [1.29, 1.82) is 0 Å². The summed E-state index contributed by atoms with van der Waals surface area (Å²) in [6.07, 6.45) is -10.3. The molecule has 0 aromatic heterocycles. The predicted molar refractivity (Wildman–Crippen MR) is 129 cm³/mol. The minimum atomic E-state index is -5.88. The number of sulfone groups is 1. The molecule has 0 aliphatic heterocycles. The molecule has 2 N–H and O–H groups in total. The fourth-order valence-corrected chi connectivity index (χ4v) is 5.04. The number of amides is 2. The highest BCUT2D eigenvalue weighted by molar-refractivity contribution is 9.10. The Balaban J connectivity index is 2.36. The summed E-state index contributed by atoms with van der Waals surface area (Å²) in [5.41, 5.74) is -6.81. The minimum Gasteiger partial charge on any atom is -0.349 e. The van der Waals surface area contributed by atoms with E-state index in [1.165, 1.54) is 39.0 Å². The van der Waals surface area contributed by atoms with Crippen LogP contribution >= 0.6 is 15.9 Å². The molecule has 6 nitrogen and oxygen atoms in total. The van der Waals surface area contributed by atoms with Crippen molar-refractivity contribution >= 4 is 43.3 Å². The molecule has 2 amide bonds. The van der Waals surface area contributed by atoms with E-state index in [4.69, 9.17) is 0 Å². The highest BCUT2D eigenvalue weighted by Crippen LogP contribution is 2.47. The van der Waals surface area contributed by atoms with Crippen LogP contribution in [0.25, 0.3) is 0 Å². The second-order valence-corrected chi connectivity index (χ2v) is 11.5. The zero-order valence-corrected chi connectivity index (χ0v) is 22.1. The van der Waals surface area contributed by atoms with Gasteiger partial charge < -0.3 is 10.6 Å². The largest absolute Gasteiger partial charge is 0.432 e. The van der Waals surface area contributed by atoms with Crippen LogP contribution in [0.15, 0.2) is 40.9 Å². The van der Waals surface area contributed by atoms with Crippen LogP contribution in [-0.4, -0.2) is 50.4 Å². The molecule has 2 rings (SSSR count). The van der Waals surface area contributed by atoms with Gasteiger partial charge in [0.15, 0.2) is 9.84 Å². The SMILES string of the molecule is CCS(=O)(=O)C[C@H](C)NC(=O)c1c(Br)cccc1C(=O)Nc1ccc(C(F)(C(F)F)C(F)(F)F)cc1C. The van der Waals surface area contributed by atoms with Gasteiger partial charge in [0.05, 0.1) is 16.9 Å². The Morgan fingerprint density at radius 2 is 1.68 bits per heavy atom. The van der Waals surface area contributed by atoms with Crippen LogP contribution in [0.3, 0.4) is 0 Å². The Labute approximate surface area is 217 Å². The summed E-state index contributed by atoms with van der Waals surface area (Å²) in [5, 5.41) is 4.87. The Hall–Kier alpha value is -2.61. The lowest BCUT2D eigenvalue weighted by atomic mass is 9.93. The molecule has 0 aliphatic carbocycles. The van der Waals surface area contributed by atoms with E-state index >= 15 is 0 Å². The van der Waals surface area contributed by atoms with E-state index in [9.17, 15) is 44.3 Å². The summed E-state index contributed by atoms with van der Waals surface area (Å²) in [6, 6.07) is 5.27. The molecule has 37 heavy (non-hydrogen) atoms. The van der Waals surface area contributed by atoms with E-state index in [1.807, 2.05) is 0 Å². The number of hydrogen-bond donors (Lipinski definition) is 2. The van der Waals surface area contributed by atoms with Gasteiger partial charge in [-0.15, -0.1) is 0 Å². The number of benzene rings is 2. The van der Waals surface area contributed by atoms with E-state index in [-0.39, 0.29) is 38.4 Å². The van der Waals surface area contributed by atoms with Crippen LogP contribution < -0.4 is 10.6 Å². The second kappa shape index (κ2) is 11.4. The summed E-state index contributed by atoms with van der Waals surface area (Å²) in [7, 11) is -3.41. The van der Waals surface area contributed by atoms with E-state index in [0.29, 0.717) is 12.1 Å². The molecule has 0 heterocycles. The van der Waals surface area contributed by atoms with Crippen molar-refractivity contribution in [3.63, 3.8) is 0 Å². The van der Waals surface area contributed by atoms with Gasteiger partial charge in [0.1, 0.15) is 0 Å². The van der Waals surface area contributed by atoms with E-state index in [2.05, 4.69) is 26.6 Å². The molecule has 0 saturated carbocycles. The van der Waals surface area contributed by atoms with Crippen molar-refractivity contribution in [1.82, 2.24) is 5.32 Å². The quantitative estimate of drug-likeness (QED) is 0.361. The first-order valence-electron chi connectivity index (χ1n) is 10.7. The fourth-order valence-electron chi connectivity index (χ4n) is 3.41. The van der Waals surface area contributed by atoms with E-state index in [1.54, 1.807) is 0 Å². The molecule has 2 aromatic carbocycles. The van der Waals surface area contributed by atoms with Crippen molar-refractivity contribution in [3.05, 3.63) is 63.1 Å². The van der Waals surface area contributed by atoms with Crippen LogP contribution in [0, 0.1) is 6.92 Å². The smallest absolute Gasteiger partial charge is 0.349 e. The molecule has 0 aliphatic rings. The topological polar surface area (TPSA) is 92.3 Å². The first kappa shape index (κ1) is 30.6. The van der Waals surface area contributed by atoms with Gasteiger partial charge in [0.25, 0.3) is 23.9 Å². The Bertz CT molecular complexity index is 1290. The van der Waals surface area contributed by atoms with Crippen molar-refractivity contribution in [2.24, 2.45) is 0 Å². The standard InChI is InChI=1S/C23H23BrF6N2O4S/c1-4-37(35,36)11-13(3)31-20(34)18-15(6-5-7-16(18)24)19(33)32-17-9-8-14(10-12(17)2)22(27,21(25)26)23(28,29)30/h5-10,13,21H,4,11H2,1-3H3,(H,31,34)(H,32,33)/t13-,22?/m0/s1. The number of anilines is 1. The molecule has 2 atom stereocenters. The number of hydrogen-bond acceptors (Lipinski definition) is 4. The van der Waals surface area contributed by atoms with Gasteiger partial charge in [0.2, 0.25) is 0 Å². The Morgan fingerprint density at radius 1 is 1.05 bits per heavy atom. The summed E-state index contributed by atoms with van der Waals surface area (Å²) in [6.45, 7) is 4.11. The zero-order chi connectivity index (χ0) is 28.3. The van der Waals surface area contributed by atoms with Crippen molar-refractivity contribution in [2.45, 2.75) is 45.1 Å². The maximum absolute atomic E-state index is 14.4. The van der Waals surface area contributed by atoms with E-state index in [0.717, 1.165) is 6.07 Å². The molecule has 0 bridgehead atoms.